The lowest BCUT2D eigenvalue weighted by Gasteiger charge is -2.26. The molecule has 2 aliphatic rings. The van der Waals surface area contributed by atoms with E-state index in [1.165, 1.54) is 37.9 Å². The summed E-state index contributed by atoms with van der Waals surface area (Å²) in [7, 11) is 0. The summed E-state index contributed by atoms with van der Waals surface area (Å²) in [6.07, 6.45) is 9.85. The number of imidazole rings is 1. The SMILES string of the molecule is C1CCNC1.CC.CC(C)(C)c1ccc(C(N)=O)cc1.NC(=O)c1ccc(Nc2nc(N3CCCCC3)nn3ccnc23)cc1. The van der Waals surface area contributed by atoms with E-state index in [0.717, 1.165) is 31.6 Å². The van der Waals surface area contributed by atoms with Crippen molar-refractivity contribution < 1.29 is 9.59 Å². The monoisotopic (exact) mass is 615 g/mol. The molecule has 6 rings (SSSR count). The molecule has 6 N–H and O–H groups in total. The van der Waals surface area contributed by atoms with Crippen molar-refractivity contribution in [1.29, 1.82) is 0 Å². The number of primary amides is 2. The van der Waals surface area contributed by atoms with Gasteiger partial charge in [-0.2, -0.15) is 4.98 Å². The van der Waals surface area contributed by atoms with Gasteiger partial charge in [0, 0.05) is 42.3 Å². The zero-order chi connectivity index (χ0) is 32.8. The quantitative estimate of drug-likeness (QED) is 0.231. The highest BCUT2D eigenvalue weighted by atomic mass is 16.1. The van der Waals surface area contributed by atoms with Gasteiger partial charge in [-0.05, 0) is 92.6 Å². The number of fused-ring (bicyclic) bond motifs is 1. The Labute approximate surface area is 266 Å². The van der Waals surface area contributed by atoms with E-state index in [2.05, 4.69) is 51.4 Å². The van der Waals surface area contributed by atoms with Crippen LogP contribution in [-0.2, 0) is 5.41 Å². The summed E-state index contributed by atoms with van der Waals surface area (Å²) in [5.74, 6) is 0.505. The number of hydrogen-bond donors (Lipinski definition) is 4. The van der Waals surface area contributed by atoms with Gasteiger partial charge >= 0.3 is 0 Å². The van der Waals surface area contributed by atoms with Crippen molar-refractivity contribution in [3.8, 4) is 0 Å². The first-order valence-electron chi connectivity index (χ1n) is 15.9. The van der Waals surface area contributed by atoms with Crippen molar-refractivity contribution in [3.05, 3.63) is 77.6 Å². The van der Waals surface area contributed by atoms with Crippen LogP contribution in [0.1, 0.15) is 93.0 Å². The molecule has 0 unspecified atom stereocenters. The molecule has 0 aliphatic carbocycles. The predicted octanol–water partition coefficient (Wildman–Crippen LogP) is 5.44. The van der Waals surface area contributed by atoms with Gasteiger partial charge in [-0.25, -0.2) is 9.50 Å². The molecule has 4 heterocycles. The maximum Gasteiger partial charge on any atom is 0.248 e. The largest absolute Gasteiger partial charge is 0.366 e. The summed E-state index contributed by atoms with van der Waals surface area (Å²) in [6.45, 7) is 14.8. The molecule has 0 saturated carbocycles. The van der Waals surface area contributed by atoms with Crippen molar-refractivity contribution in [2.75, 3.05) is 36.4 Å². The Morgan fingerprint density at radius 3 is 1.87 bits per heavy atom. The van der Waals surface area contributed by atoms with Gasteiger partial charge < -0.3 is 27.0 Å². The topological polar surface area (TPSA) is 157 Å². The van der Waals surface area contributed by atoms with Crippen LogP contribution in [0.25, 0.3) is 5.65 Å². The van der Waals surface area contributed by atoms with Gasteiger partial charge in [0.25, 0.3) is 0 Å². The molecule has 2 saturated heterocycles. The van der Waals surface area contributed by atoms with Crippen LogP contribution in [0.15, 0.2) is 60.9 Å². The molecule has 0 bridgehead atoms. The summed E-state index contributed by atoms with van der Waals surface area (Å²) in [4.78, 5) is 33.2. The third-order valence-electron chi connectivity index (χ3n) is 7.31. The molecular formula is C34H49N9O2. The molecule has 2 aliphatic heterocycles. The van der Waals surface area contributed by atoms with Gasteiger partial charge in [0.1, 0.15) is 0 Å². The number of nitrogens with zero attached hydrogens (tertiary/aromatic N) is 5. The first kappa shape index (κ1) is 35.0. The minimum absolute atomic E-state index is 0.121. The van der Waals surface area contributed by atoms with Crippen LogP contribution in [0.5, 0.6) is 0 Å². The predicted molar refractivity (Wildman–Crippen MR) is 182 cm³/mol. The van der Waals surface area contributed by atoms with E-state index in [1.54, 1.807) is 47.1 Å². The van der Waals surface area contributed by atoms with Gasteiger partial charge in [0.05, 0.1) is 0 Å². The number of rotatable bonds is 5. The van der Waals surface area contributed by atoms with Gasteiger partial charge in [0.2, 0.25) is 17.8 Å². The average Bonchev–Trinajstić information content (AvgIpc) is 3.79. The van der Waals surface area contributed by atoms with Crippen LogP contribution in [0, 0.1) is 0 Å². The van der Waals surface area contributed by atoms with Gasteiger partial charge in [-0.3, -0.25) is 9.59 Å². The number of piperidine rings is 1. The standard InChI is InChI=1S/C17H19N7O.C11H15NO.C4H9N.C2H6/c18-14(25)12-4-6-13(7-5-12)20-15-16-19-8-11-24(16)22-17(21-15)23-9-2-1-3-10-23;1-11(2,3)9-6-4-8(5-7-9)10(12)13;1-2-4-5-3-1;1-2/h4-8,11H,1-3,9-10H2,(H2,18,25)(H,20,21,22);4-7H,1-3H3,(H2,12,13);5H,1-4H2;1-2H3. The van der Waals surface area contributed by atoms with E-state index in [9.17, 15) is 9.59 Å². The summed E-state index contributed by atoms with van der Waals surface area (Å²) in [6, 6.07) is 14.4. The maximum atomic E-state index is 11.2. The molecule has 0 atom stereocenters. The molecule has 45 heavy (non-hydrogen) atoms. The lowest BCUT2D eigenvalue weighted by atomic mass is 9.87. The van der Waals surface area contributed by atoms with Crippen LogP contribution in [-0.4, -0.2) is 57.6 Å². The number of aromatic nitrogens is 4. The van der Waals surface area contributed by atoms with E-state index >= 15 is 0 Å². The van der Waals surface area contributed by atoms with Crippen LogP contribution in [0.3, 0.4) is 0 Å². The Bertz CT molecular complexity index is 1480. The Morgan fingerprint density at radius 2 is 1.38 bits per heavy atom. The number of carbonyl (C=O) groups excluding carboxylic acids is 2. The Morgan fingerprint density at radius 1 is 0.822 bits per heavy atom. The molecule has 2 amide bonds. The van der Waals surface area contributed by atoms with Crippen LogP contribution in [0.4, 0.5) is 17.5 Å². The molecule has 11 heteroatoms. The molecule has 4 aromatic rings. The number of amides is 2. The fraction of sp³-hybridized carbons (Fsp3) is 0.441. The molecule has 2 fully saturated rings. The van der Waals surface area contributed by atoms with Gasteiger partial charge in [-0.15, -0.1) is 5.10 Å². The highest BCUT2D eigenvalue weighted by Gasteiger charge is 2.17. The molecule has 0 spiro atoms. The number of benzene rings is 2. The maximum absolute atomic E-state index is 11.2. The highest BCUT2D eigenvalue weighted by Crippen LogP contribution is 2.24. The summed E-state index contributed by atoms with van der Waals surface area (Å²) >= 11 is 0. The van der Waals surface area contributed by atoms with Crippen molar-refractivity contribution >= 4 is 34.9 Å². The number of carbonyl (C=O) groups is 2. The zero-order valence-corrected chi connectivity index (χ0v) is 27.3. The smallest absolute Gasteiger partial charge is 0.248 e. The molecule has 2 aromatic heterocycles. The fourth-order valence-corrected chi connectivity index (χ4v) is 4.74. The normalized spacial score (nSPS) is 14.2. The summed E-state index contributed by atoms with van der Waals surface area (Å²) in [5.41, 5.74) is 14.2. The van der Waals surface area contributed by atoms with Crippen molar-refractivity contribution in [2.24, 2.45) is 11.5 Å². The summed E-state index contributed by atoms with van der Waals surface area (Å²) < 4.78 is 1.73. The minimum Gasteiger partial charge on any atom is -0.366 e. The van der Waals surface area contributed by atoms with E-state index in [0.29, 0.717) is 28.5 Å². The number of nitrogens with two attached hydrogens (primary N) is 2. The van der Waals surface area contributed by atoms with Gasteiger partial charge in [-0.1, -0.05) is 46.8 Å². The second-order valence-electron chi connectivity index (χ2n) is 11.7. The molecule has 0 radical (unpaired) electrons. The Balaban J connectivity index is 0.000000230. The van der Waals surface area contributed by atoms with E-state index in [-0.39, 0.29) is 11.3 Å². The van der Waals surface area contributed by atoms with E-state index < -0.39 is 5.91 Å². The van der Waals surface area contributed by atoms with Crippen molar-refractivity contribution in [3.63, 3.8) is 0 Å². The van der Waals surface area contributed by atoms with Crippen LogP contribution in [0.2, 0.25) is 0 Å². The van der Waals surface area contributed by atoms with E-state index in [4.69, 9.17) is 11.5 Å². The zero-order valence-electron chi connectivity index (χ0n) is 27.3. The second-order valence-corrected chi connectivity index (χ2v) is 11.7. The average molecular weight is 616 g/mol. The minimum atomic E-state index is -0.448. The first-order valence-corrected chi connectivity index (χ1v) is 15.9. The van der Waals surface area contributed by atoms with Crippen molar-refractivity contribution in [1.82, 2.24) is 24.9 Å². The lowest BCUT2D eigenvalue weighted by Crippen LogP contribution is -2.31. The molecule has 2 aromatic carbocycles. The lowest BCUT2D eigenvalue weighted by molar-refractivity contribution is 0.0992. The Kier molecular flexibility index (Phi) is 13.3. The molecule has 11 nitrogen and oxygen atoms in total. The van der Waals surface area contributed by atoms with E-state index in [1.807, 2.05) is 32.2 Å². The third kappa shape index (κ3) is 10.6. The third-order valence-corrected chi connectivity index (χ3v) is 7.31. The summed E-state index contributed by atoms with van der Waals surface area (Å²) in [5, 5.41) is 11.1. The number of nitrogens with one attached hydrogen (secondary N) is 2. The molecule has 242 valence electrons. The highest BCUT2D eigenvalue weighted by molar-refractivity contribution is 5.93. The first-order chi connectivity index (χ1) is 21.6. The fourth-order valence-electron chi connectivity index (χ4n) is 4.74. The van der Waals surface area contributed by atoms with Crippen LogP contribution >= 0.6 is 0 Å². The second kappa shape index (κ2) is 17.1. The molecular weight excluding hydrogens is 566 g/mol. The van der Waals surface area contributed by atoms with Crippen LogP contribution < -0.4 is 27.0 Å². The number of hydrogen-bond acceptors (Lipinski definition) is 8. The van der Waals surface area contributed by atoms with Crippen molar-refractivity contribution in [2.45, 2.75) is 72.1 Å². The number of anilines is 3. The van der Waals surface area contributed by atoms with Gasteiger partial charge in [0.15, 0.2) is 11.5 Å². The Hall–Kier alpha value is -4.51.